The Morgan fingerprint density at radius 1 is 1.14 bits per heavy atom. The van der Waals surface area contributed by atoms with Crippen LogP contribution in [0.25, 0.3) is 11.4 Å². The molecule has 4 nitrogen and oxygen atoms in total. The van der Waals surface area contributed by atoms with Crippen LogP contribution in [0.15, 0.2) is 36.4 Å². The first-order chi connectivity index (χ1) is 10.5. The van der Waals surface area contributed by atoms with Crippen LogP contribution < -0.4 is 4.90 Å². The van der Waals surface area contributed by atoms with Crippen LogP contribution in [-0.4, -0.2) is 34.8 Å². The van der Waals surface area contributed by atoms with Crippen molar-refractivity contribution in [2.75, 3.05) is 24.6 Å². The third kappa shape index (κ3) is 2.89. The maximum absolute atomic E-state index is 13.0. The fraction of sp³-hybridized carbons (Fsp3) is 0.333. The molecule has 0 aliphatic carbocycles. The van der Waals surface area contributed by atoms with Crippen LogP contribution in [0.1, 0.15) is 5.69 Å². The second kappa shape index (κ2) is 5.57. The van der Waals surface area contributed by atoms with Crippen molar-refractivity contribution in [1.82, 2.24) is 9.97 Å². The minimum absolute atomic E-state index is 0.0270. The second-order valence-corrected chi connectivity index (χ2v) is 5.25. The van der Waals surface area contributed by atoms with Gasteiger partial charge in [0.15, 0.2) is 11.5 Å². The lowest BCUT2D eigenvalue weighted by Gasteiger charge is -2.39. The van der Waals surface area contributed by atoms with Crippen LogP contribution in [0.4, 0.5) is 19.0 Å². The van der Waals surface area contributed by atoms with Gasteiger partial charge < -0.3 is 10.0 Å². The standard InChI is InChI=1S/C15H14F3N3O/c16-15(17,18)12-6-13(21-7-10(8-21)9-22)20-14(19-12)11-4-2-1-3-5-11/h1-6,10,22H,7-9H2. The van der Waals surface area contributed by atoms with Gasteiger partial charge in [-0.2, -0.15) is 13.2 Å². The Labute approximate surface area is 125 Å². The highest BCUT2D eigenvalue weighted by Crippen LogP contribution is 2.33. The predicted molar refractivity (Wildman–Crippen MR) is 75.3 cm³/mol. The number of benzene rings is 1. The molecular weight excluding hydrogens is 295 g/mol. The molecule has 0 radical (unpaired) electrons. The molecule has 0 bridgehead atoms. The summed E-state index contributed by atoms with van der Waals surface area (Å²) < 4.78 is 39.1. The summed E-state index contributed by atoms with van der Waals surface area (Å²) in [5, 5.41) is 9.03. The first-order valence-electron chi connectivity index (χ1n) is 6.85. The van der Waals surface area contributed by atoms with E-state index >= 15 is 0 Å². The van der Waals surface area contributed by atoms with E-state index in [2.05, 4.69) is 9.97 Å². The number of rotatable bonds is 3. The molecule has 0 amide bonds. The number of aliphatic hydroxyl groups is 1. The van der Waals surface area contributed by atoms with Crippen molar-refractivity contribution in [3.05, 3.63) is 42.1 Å². The van der Waals surface area contributed by atoms with Gasteiger partial charge in [0.05, 0.1) is 0 Å². The smallest absolute Gasteiger partial charge is 0.396 e. The summed E-state index contributed by atoms with van der Waals surface area (Å²) in [5.74, 6) is 0.383. The fourth-order valence-corrected chi connectivity index (χ4v) is 2.33. The summed E-state index contributed by atoms with van der Waals surface area (Å²) in [6.45, 7) is 1.03. The van der Waals surface area contributed by atoms with E-state index in [9.17, 15) is 13.2 Å². The summed E-state index contributed by atoms with van der Waals surface area (Å²) in [6.07, 6.45) is -4.53. The highest BCUT2D eigenvalue weighted by Gasteiger charge is 2.35. The maximum atomic E-state index is 13.0. The number of hydrogen-bond acceptors (Lipinski definition) is 4. The van der Waals surface area contributed by atoms with Gasteiger partial charge in [0.2, 0.25) is 0 Å². The van der Waals surface area contributed by atoms with Crippen molar-refractivity contribution in [2.45, 2.75) is 6.18 Å². The molecule has 1 aliphatic heterocycles. The molecule has 0 spiro atoms. The molecule has 0 atom stereocenters. The zero-order valence-electron chi connectivity index (χ0n) is 11.6. The number of aromatic nitrogens is 2. The van der Waals surface area contributed by atoms with Gasteiger partial charge in [-0.25, -0.2) is 9.97 Å². The summed E-state index contributed by atoms with van der Waals surface area (Å²) in [6, 6.07) is 9.53. The summed E-state index contributed by atoms with van der Waals surface area (Å²) in [5.41, 5.74) is -0.419. The quantitative estimate of drug-likeness (QED) is 0.947. The molecule has 2 heterocycles. The first-order valence-corrected chi connectivity index (χ1v) is 6.85. The van der Waals surface area contributed by atoms with E-state index in [-0.39, 0.29) is 24.2 Å². The summed E-state index contributed by atoms with van der Waals surface area (Å²) in [7, 11) is 0. The van der Waals surface area contributed by atoms with Crippen LogP contribution in [0, 0.1) is 5.92 Å². The Bertz CT molecular complexity index is 655. The molecule has 0 unspecified atom stereocenters. The Morgan fingerprint density at radius 3 is 2.41 bits per heavy atom. The Hall–Kier alpha value is -2.15. The topological polar surface area (TPSA) is 49.2 Å². The zero-order chi connectivity index (χ0) is 15.7. The Kier molecular flexibility index (Phi) is 3.74. The minimum Gasteiger partial charge on any atom is -0.396 e. The van der Waals surface area contributed by atoms with E-state index in [1.165, 1.54) is 0 Å². The minimum atomic E-state index is -4.53. The number of nitrogens with zero attached hydrogens (tertiary/aromatic N) is 3. The molecule has 1 aromatic heterocycles. The van der Waals surface area contributed by atoms with Gasteiger partial charge in [-0.3, -0.25) is 0 Å². The molecule has 22 heavy (non-hydrogen) atoms. The number of alkyl halides is 3. The van der Waals surface area contributed by atoms with Gasteiger partial charge in [-0.15, -0.1) is 0 Å². The Morgan fingerprint density at radius 2 is 1.82 bits per heavy atom. The van der Waals surface area contributed by atoms with Crippen molar-refractivity contribution < 1.29 is 18.3 Å². The van der Waals surface area contributed by atoms with Crippen molar-refractivity contribution in [3.8, 4) is 11.4 Å². The molecule has 7 heteroatoms. The van der Waals surface area contributed by atoms with Crippen molar-refractivity contribution >= 4 is 5.82 Å². The lowest BCUT2D eigenvalue weighted by Crippen LogP contribution is -2.49. The van der Waals surface area contributed by atoms with E-state index < -0.39 is 11.9 Å². The van der Waals surface area contributed by atoms with Crippen LogP contribution >= 0.6 is 0 Å². The molecule has 116 valence electrons. The van der Waals surface area contributed by atoms with Crippen LogP contribution in [-0.2, 0) is 6.18 Å². The first kappa shape index (κ1) is 14.8. The average molecular weight is 309 g/mol. The van der Waals surface area contributed by atoms with E-state index in [4.69, 9.17) is 5.11 Å². The van der Waals surface area contributed by atoms with Crippen molar-refractivity contribution in [1.29, 1.82) is 0 Å². The van der Waals surface area contributed by atoms with E-state index in [1.54, 1.807) is 35.2 Å². The highest BCUT2D eigenvalue weighted by molar-refractivity contribution is 5.58. The number of anilines is 1. The van der Waals surface area contributed by atoms with Gasteiger partial charge in [-0.05, 0) is 0 Å². The zero-order valence-corrected chi connectivity index (χ0v) is 11.6. The molecule has 2 aromatic rings. The van der Waals surface area contributed by atoms with Crippen molar-refractivity contribution in [2.24, 2.45) is 5.92 Å². The third-order valence-electron chi connectivity index (χ3n) is 3.57. The highest BCUT2D eigenvalue weighted by atomic mass is 19.4. The predicted octanol–water partition coefficient (Wildman–Crippen LogP) is 2.59. The van der Waals surface area contributed by atoms with Gasteiger partial charge in [0, 0.05) is 37.2 Å². The molecule has 1 fully saturated rings. The lowest BCUT2D eigenvalue weighted by molar-refractivity contribution is -0.141. The largest absolute Gasteiger partial charge is 0.433 e. The number of halogens is 3. The molecular formula is C15H14F3N3O. The van der Waals surface area contributed by atoms with E-state index in [1.807, 2.05) is 0 Å². The maximum Gasteiger partial charge on any atom is 0.433 e. The monoisotopic (exact) mass is 309 g/mol. The van der Waals surface area contributed by atoms with Crippen LogP contribution in [0.2, 0.25) is 0 Å². The summed E-state index contributed by atoms with van der Waals surface area (Å²) >= 11 is 0. The van der Waals surface area contributed by atoms with E-state index in [0.29, 0.717) is 18.7 Å². The molecule has 1 saturated heterocycles. The SMILES string of the molecule is OCC1CN(c2cc(C(F)(F)F)nc(-c3ccccc3)n2)C1. The van der Waals surface area contributed by atoms with E-state index in [0.717, 1.165) is 6.07 Å². The van der Waals surface area contributed by atoms with Crippen LogP contribution in [0.3, 0.4) is 0 Å². The lowest BCUT2D eigenvalue weighted by atomic mass is 10.0. The summed E-state index contributed by atoms with van der Waals surface area (Å²) in [4.78, 5) is 9.60. The fourth-order valence-electron chi connectivity index (χ4n) is 2.33. The molecule has 1 N–H and O–H groups in total. The van der Waals surface area contributed by atoms with Gasteiger partial charge in [0.25, 0.3) is 0 Å². The molecule has 1 aliphatic rings. The van der Waals surface area contributed by atoms with Crippen molar-refractivity contribution in [3.63, 3.8) is 0 Å². The molecule has 1 aromatic carbocycles. The second-order valence-electron chi connectivity index (χ2n) is 5.25. The van der Waals surface area contributed by atoms with Crippen LogP contribution in [0.5, 0.6) is 0 Å². The normalized spacial score (nSPS) is 15.7. The Balaban J connectivity index is 2.00. The number of aliphatic hydroxyl groups excluding tert-OH is 1. The molecule has 0 saturated carbocycles. The van der Waals surface area contributed by atoms with Gasteiger partial charge in [-0.1, -0.05) is 30.3 Å². The third-order valence-corrected chi connectivity index (χ3v) is 3.57. The molecule has 3 rings (SSSR count). The van der Waals surface area contributed by atoms with Gasteiger partial charge >= 0.3 is 6.18 Å². The average Bonchev–Trinajstić information content (AvgIpc) is 2.46. The van der Waals surface area contributed by atoms with Gasteiger partial charge in [0.1, 0.15) is 5.82 Å². The number of hydrogen-bond donors (Lipinski definition) is 1.